The van der Waals surface area contributed by atoms with Gasteiger partial charge in [-0.05, 0) is 47.5 Å². The summed E-state index contributed by atoms with van der Waals surface area (Å²) in [6.07, 6.45) is 1.84. The summed E-state index contributed by atoms with van der Waals surface area (Å²) in [5.74, 6) is 0.799. The van der Waals surface area contributed by atoms with Crippen LogP contribution in [0.1, 0.15) is 0 Å². The molecule has 0 bridgehead atoms. The quantitative estimate of drug-likeness (QED) is 0.146. The van der Waals surface area contributed by atoms with Crippen molar-refractivity contribution in [2.45, 2.75) is 0 Å². The standard InChI is InChI=1S/C32H33NO6/c1-34-15-16-35-17-18-36-19-20-37-21-22-38-26-11-9-24(10-12-26)25-13-14-33-30(23-25)29-7-4-6-28-27-5-2-3-8-31(27)39-32(28)29/h2-14,23H,15-22H2,1H3. The second-order valence-electron chi connectivity index (χ2n) is 8.91. The largest absolute Gasteiger partial charge is 0.491 e. The maximum Gasteiger partial charge on any atom is 0.144 e. The van der Waals surface area contributed by atoms with Crippen molar-refractivity contribution in [3.8, 4) is 28.1 Å². The third-order valence-electron chi connectivity index (χ3n) is 6.30. The lowest BCUT2D eigenvalue weighted by atomic mass is 10.0. The molecule has 0 unspecified atom stereocenters. The van der Waals surface area contributed by atoms with Crippen LogP contribution in [-0.4, -0.2) is 64.9 Å². The summed E-state index contributed by atoms with van der Waals surface area (Å²) in [6, 6.07) is 26.5. The highest BCUT2D eigenvalue weighted by molar-refractivity contribution is 6.09. The molecule has 2 aromatic heterocycles. The van der Waals surface area contributed by atoms with Crippen LogP contribution in [0.4, 0.5) is 0 Å². The smallest absolute Gasteiger partial charge is 0.144 e. The van der Waals surface area contributed by atoms with Crippen LogP contribution >= 0.6 is 0 Å². The lowest BCUT2D eigenvalue weighted by molar-refractivity contribution is 0.000164. The molecule has 39 heavy (non-hydrogen) atoms. The van der Waals surface area contributed by atoms with Crippen LogP contribution in [0.3, 0.4) is 0 Å². The zero-order chi connectivity index (χ0) is 26.7. The third-order valence-corrected chi connectivity index (χ3v) is 6.30. The Balaban J connectivity index is 1.12. The van der Waals surface area contributed by atoms with Crippen LogP contribution in [0, 0.1) is 0 Å². The number of furan rings is 1. The Labute approximate surface area is 228 Å². The fraction of sp³-hybridized carbons (Fsp3) is 0.281. The van der Waals surface area contributed by atoms with Gasteiger partial charge in [-0.1, -0.05) is 42.5 Å². The first kappa shape index (κ1) is 26.8. The molecule has 0 saturated carbocycles. The van der Waals surface area contributed by atoms with E-state index in [4.69, 9.17) is 28.1 Å². The number of para-hydroxylation sites is 2. The molecule has 5 aromatic rings. The van der Waals surface area contributed by atoms with E-state index in [0.29, 0.717) is 52.9 Å². The fourth-order valence-electron chi connectivity index (χ4n) is 4.35. The predicted molar refractivity (Wildman–Crippen MR) is 152 cm³/mol. The lowest BCUT2D eigenvalue weighted by Gasteiger charge is -2.09. The molecule has 0 aliphatic rings. The molecule has 202 valence electrons. The molecular weight excluding hydrogens is 494 g/mol. The Bertz CT molecular complexity index is 1460. The summed E-state index contributed by atoms with van der Waals surface area (Å²) in [4.78, 5) is 4.65. The molecule has 0 radical (unpaired) electrons. The van der Waals surface area contributed by atoms with Gasteiger partial charge >= 0.3 is 0 Å². The van der Waals surface area contributed by atoms with Crippen LogP contribution in [0.15, 0.2) is 89.5 Å². The molecule has 0 amide bonds. The van der Waals surface area contributed by atoms with Gasteiger partial charge in [0.05, 0.1) is 51.9 Å². The van der Waals surface area contributed by atoms with Crippen molar-refractivity contribution in [2.24, 2.45) is 0 Å². The molecule has 0 fully saturated rings. The van der Waals surface area contributed by atoms with E-state index in [1.165, 1.54) is 0 Å². The molecule has 0 atom stereocenters. The predicted octanol–water partition coefficient (Wildman–Crippen LogP) is 6.39. The van der Waals surface area contributed by atoms with Gasteiger partial charge in [0.1, 0.15) is 23.5 Å². The molecular formula is C32H33NO6. The summed E-state index contributed by atoms with van der Waals surface area (Å²) >= 11 is 0. The number of nitrogens with zero attached hydrogens (tertiary/aromatic N) is 1. The molecule has 0 aliphatic heterocycles. The first-order valence-corrected chi connectivity index (χ1v) is 13.2. The monoisotopic (exact) mass is 527 g/mol. The number of pyridine rings is 1. The average Bonchev–Trinajstić information content (AvgIpc) is 3.37. The molecule has 3 aromatic carbocycles. The highest BCUT2D eigenvalue weighted by Crippen LogP contribution is 2.36. The summed E-state index contributed by atoms with van der Waals surface area (Å²) in [5, 5.41) is 2.20. The van der Waals surface area contributed by atoms with Crippen molar-refractivity contribution in [3.05, 3.63) is 85.1 Å². The minimum atomic E-state index is 0.473. The topological polar surface area (TPSA) is 72.2 Å². The summed E-state index contributed by atoms with van der Waals surface area (Å²) in [6.45, 7) is 4.30. The van der Waals surface area contributed by atoms with E-state index in [1.54, 1.807) is 7.11 Å². The average molecular weight is 528 g/mol. The van der Waals surface area contributed by atoms with E-state index >= 15 is 0 Å². The highest BCUT2D eigenvalue weighted by atomic mass is 16.6. The number of fused-ring (bicyclic) bond motifs is 3. The van der Waals surface area contributed by atoms with Crippen molar-refractivity contribution in [2.75, 3.05) is 60.0 Å². The number of methoxy groups -OCH3 is 1. The number of benzene rings is 3. The van der Waals surface area contributed by atoms with Gasteiger partial charge in [0.15, 0.2) is 0 Å². The first-order chi connectivity index (χ1) is 19.3. The van der Waals surface area contributed by atoms with Gasteiger partial charge in [0, 0.05) is 29.6 Å². The Morgan fingerprint density at radius 2 is 1.33 bits per heavy atom. The normalized spacial score (nSPS) is 11.4. The molecule has 7 heteroatoms. The SMILES string of the molecule is COCCOCCOCCOCCOc1ccc(-c2ccnc(-c3cccc4c3oc3ccccc34)c2)cc1. The number of hydrogen-bond acceptors (Lipinski definition) is 7. The Morgan fingerprint density at radius 1 is 0.641 bits per heavy atom. The highest BCUT2D eigenvalue weighted by Gasteiger charge is 2.13. The van der Waals surface area contributed by atoms with Crippen LogP contribution < -0.4 is 4.74 Å². The van der Waals surface area contributed by atoms with Crippen molar-refractivity contribution in [1.82, 2.24) is 4.98 Å². The van der Waals surface area contributed by atoms with Crippen molar-refractivity contribution in [1.29, 1.82) is 0 Å². The van der Waals surface area contributed by atoms with Gasteiger partial charge in [-0.25, -0.2) is 0 Å². The van der Waals surface area contributed by atoms with Gasteiger partial charge in [-0.2, -0.15) is 0 Å². The Hall–Kier alpha value is -3.75. The molecule has 0 aliphatic carbocycles. The zero-order valence-electron chi connectivity index (χ0n) is 22.1. The van der Waals surface area contributed by atoms with Crippen LogP contribution in [0.25, 0.3) is 44.3 Å². The van der Waals surface area contributed by atoms with Crippen LogP contribution in [0.5, 0.6) is 5.75 Å². The van der Waals surface area contributed by atoms with Gasteiger partial charge in [-0.3, -0.25) is 4.98 Å². The molecule has 5 rings (SSSR count). The lowest BCUT2D eigenvalue weighted by Crippen LogP contribution is -2.13. The Morgan fingerprint density at radius 3 is 2.10 bits per heavy atom. The summed E-state index contributed by atoms with van der Waals surface area (Å²) in [7, 11) is 1.65. The molecule has 0 saturated heterocycles. The van der Waals surface area contributed by atoms with E-state index < -0.39 is 0 Å². The molecule has 0 spiro atoms. The van der Waals surface area contributed by atoms with Crippen molar-refractivity contribution >= 4 is 21.9 Å². The number of rotatable bonds is 15. The van der Waals surface area contributed by atoms with Gasteiger partial charge in [-0.15, -0.1) is 0 Å². The van der Waals surface area contributed by atoms with Crippen LogP contribution in [-0.2, 0) is 18.9 Å². The van der Waals surface area contributed by atoms with Gasteiger partial charge in [0.25, 0.3) is 0 Å². The fourth-order valence-corrected chi connectivity index (χ4v) is 4.35. The number of hydrogen-bond donors (Lipinski definition) is 0. The van der Waals surface area contributed by atoms with E-state index in [2.05, 4.69) is 47.4 Å². The minimum absolute atomic E-state index is 0.473. The Kier molecular flexibility index (Phi) is 9.55. The minimum Gasteiger partial charge on any atom is -0.491 e. The maximum absolute atomic E-state index is 6.21. The van der Waals surface area contributed by atoms with Gasteiger partial charge < -0.3 is 28.1 Å². The second-order valence-corrected chi connectivity index (χ2v) is 8.91. The summed E-state index contributed by atoms with van der Waals surface area (Å²) in [5.41, 5.74) is 5.75. The molecule has 0 N–H and O–H groups in total. The zero-order valence-corrected chi connectivity index (χ0v) is 22.1. The second kappa shape index (κ2) is 13.9. The first-order valence-electron chi connectivity index (χ1n) is 13.2. The van der Waals surface area contributed by atoms with Crippen molar-refractivity contribution in [3.63, 3.8) is 0 Å². The van der Waals surface area contributed by atoms with Gasteiger partial charge in [0.2, 0.25) is 0 Å². The third kappa shape index (κ3) is 7.02. The molecule has 2 heterocycles. The maximum atomic E-state index is 6.21. The van der Waals surface area contributed by atoms with E-state index in [9.17, 15) is 0 Å². The summed E-state index contributed by atoms with van der Waals surface area (Å²) < 4.78 is 33.3. The van der Waals surface area contributed by atoms with E-state index in [0.717, 1.165) is 50.1 Å². The van der Waals surface area contributed by atoms with E-state index in [-0.39, 0.29) is 0 Å². The van der Waals surface area contributed by atoms with Crippen LogP contribution in [0.2, 0.25) is 0 Å². The number of ether oxygens (including phenoxy) is 5. The van der Waals surface area contributed by atoms with Crippen molar-refractivity contribution < 1.29 is 28.1 Å². The van der Waals surface area contributed by atoms with E-state index in [1.807, 2.05) is 42.6 Å². The number of aromatic nitrogens is 1. The molecule has 7 nitrogen and oxygen atoms in total.